The van der Waals surface area contributed by atoms with E-state index in [1.807, 2.05) is 12.5 Å². The van der Waals surface area contributed by atoms with Gasteiger partial charge >= 0.3 is 0 Å². The Bertz CT molecular complexity index is 433. The summed E-state index contributed by atoms with van der Waals surface area (Å²) in [7, 11) is 0. The maximum absolute atomic E-state index is 4.25. The normalized spacial score (nSPS) is 12.8. The summed E-state index contributed by atoms with van der Waals surface area (Å²) < 4.78 is 2.26. The number of aromatic nitrogens is 2. The van der Waals surface area contributed by atoms with Crippen LogP contribution in [0.15, 0.2) is 29.4 Å². The lowest BCUT2D eigenvalue weighted by Gasteiger charge is -2.16. The first kappa shape index (κ1) is 12.3. The second-order valence-electron chi connectivity index (χ2n) is 4.26. The largest absolute Gasteiger partial charge is 0.330 e. The molecule has 3 nitrogen and oxygen atoms in total. The Kier molecular flexibility index (Phi) is 4.34. The molecule has 0 aliphatic carbocycles. The van der Waals surface area contributed by atoms with Crippen molar-refractivity contribution < 1.29 is 0 Å². The second kappa shape index (κ2) is 5.98. The highest BCUT2D eigenvalue weighted by Crippen LogP contribution is 2.17. The Balaban J connectivity index is 2.03. The summed E-state index contributed by atoms with van der Waals surface area (Å²) >= 11 is 1.76. The molecule has 0 amide bonds. The maximum Gasteiger partial charge on any atom is 0.0951 e. The summed E-state index contributed by atoms with van der Waals surface area (Å²) in [5, 5.41) is 7.70. The van der Waals surface area contributed by atoms with Crippen LogP contribution >= 0.6 is 11.3 Å². The smallest absolute Gasteiger partial charge is 0.0951 e. The maximum atomic E-state index is 4.25. The number of nitrogens with one attached hydrogen (secondary N) is 1. The monoisotopic (exact) mass is 249 g/mol. The third kappa shape index (κ3) is 3.17. The van der Waals surface area contributed by atoms with Crippen LogP contribution in [0.3, 0.4) is 0 Å². The molecule has 0 radical (unpaired) electrons. The Labute approximate surface area is 107 Å². The summed E-state index contributed by atoms with van der Waals surface area (Å²) in [5.41, 5.74) is 2.67. The Hall–Kier alpha value is -1.13. The van der Waals surface area contributed by atoms with Gasteiger partial charge in [0.15, 0.2) is 0 Å². The molecule has 0 aromatic carbocycles. The molecule has 92 valence electrons. The summed E-state index contributed by atoms with van der Waals surface area (Å²) in [4.78, 5) is 4.25. The molecule has 0 saturated heterocycles. The average molecular weight is 249 g/mol. The fourth-order valence-corrected chi connectivity index (χ4v) is 2.65. The lowest BCUT2D eigenvalue weighted by atomic mass is 10.1. The fraction of sp³-hybridized carbons (Fsp3) is 0.462. The predicted octanol–water partition coefficient (Wildman–Crippen LogP) is 2.86. The third-order valence-electron chi connectivity index (χ3n) is 2.89. The van der Waals surface area contributed by atoms with Gasteiger partial charge in [-0.1, -0.05) is 6.92 Å². The van der Waals surface area contributed by atoms with Crippen molar-refractivity contribution in [2.24, 2.45) is 0 Å². The molecule has 0 aliphatic rings. The number of nitrogens with zero attached hydrogens (tertiary/aromatic N) is 2. The summed E-state index contributed by atoms with van der Waals surface area (Å²) in [6.45, 7) is 6.25. The van der Waals surface area contributed by atoms with Crippen LogP contribution in [0.5, 0.6) is 0 Å². The zero-order valence-electron chi connectivity index (χ0n) is 10.4. The van der Waals surface area contributed by atoms with Crippen LogP contribution in [-0.2, 0) is 13.0 Å². The lowest BCUT2D eigenvalue weighted by Crippen LogP contribution is -2.17. The molecule has 1 atom stereocenters. The number of thiophene rings is 1. The van der Waals surface area contributed by atoms with Crippen LogP contribution in [0, 0.1) is 0 Å². The van der Waals surface area contributed by atoms with Gasteiger partial charge < -0.3 is 9.88 Å². The molecule has 0 spiro atoms. The number of hydrogen-bond acceptors (Lipinski definition) is 3. The number of rotatable bonds is 6. The molecule has 0 saturated carbocycles. The first-order valence-corrected chi connectivity index (χ1v) is 6.98. The van der Waals surface area contributed by atoms with Gasteiger partial charge in [0.25, 0.3) is 0 Å². The van der Waals surface area contributed by atoms with Gasteiger partial charge in [-0.2, -0.15) is 11.3 Å². The predicted molar refractivity (Wildman–Crippen MR) is 72.3 cm³/mol. The summed E-state index contributed by atoms with van der Waals surface area (Å²) in [6.07, 6.45) is 4.95. The van der Waals surface area contributed by atoms with Gasteiger partial charge in [0, 0.05) is 18.8 Å². The molecular weight excluding hydrogens is 230 g/mol. The Morgan fingerprint density at radius 2 is 2.41 bits per heavy atom. The van der Waals surface area contributed by atoms with E-state index in [-0.39, 0.29) is 0 Å². The van der Waals surface area contributed by atoms with Crippen molar-refractivity contribution in [2.45, 2.75) is 32.9 Å². The van der Waals surface area contributed by atoms with Gasteiger partial charge in [0.2, 0.25) is 0 Å². The van der Waals surface area contributed by atoms with E-state index in [1.165, 1.54) is 11.3 Å². The fourth-order valence-electron chi connectivity index (χ4n) is 1.97. The molecule has 0 aliphatic heterocycles. The molecule has 4 heteroatoms. The zero-order chi connectivity index (χ0) is 12.1. The standard InChI is InChI=1S/C13H19N3S/c1-3-14-7-13-8-15-10-16(13)11(2)6-12-4-5-17-9-12/h4-5,8-11,14H,3,6-7H2,1-2H3. The van der Waals surface area contributed by atoms with E-state index in [0.29, 0.717) is 6.04 Å². The van der Waals surface area contributed by atoms with Crippen LogP contribution in [0.4, 0.5) is 0 Å². The van der Waals surface area contributed by atoms with Gasteiger partial charge in [-0.3, -0.25) is 0 Å². The van der Waals surface area contributed by atoms with E-state index < -0.39 is 0 Å². The molecular formula is C13H19N3S. The minimum atomic E-state index is 0.459. The van der Waals surface area contributed by atoms with Crippen LogP contribution in [0.1, 0.15) is 31.1 Å². The molecule has 17 heavy (non-hydrogen) atoms. The summed E-state index contributed by atoms with van der Waals surface area (Å²) in [6, 6.07) is 2.66. The van der Waals surface area contributed by atoms with Crippen LogP contribution in [0.2, 0.25) is 0 Å². The van der Waals surface area contributed by atoms with Crippen LogP contribution in [-0.4, -0.2) is 16.1 Å². The Morgan fingerprint density at radius 1 is 1.53 bits per heavy atom. The van der Waals surface area contributed by atoms with Gasteiger partial charge in [-0.05, 0) is 42.3 Å². The highest BCUT2D eigenvalue weighted by molar-refractivity contribution is 7.07. The SMILES string of the molecule is CCNCc1cncn1C(C)Cc1ccsc1. The van der Waals surface area contributed by atoms with Gasteiger partial charge in [0.1, 0.15) is 0 Å². The van der Waals surface area contributed by atoms with Crippen LogP contribution < -0.4 is 5.32 Å². The van der Waals surface area contributed by atoms with Crippen molar-refractivity contribution in [3.8, 4) is 0 Å². The van der Waals surface area contributed by atoms with E-state index in [4.69, 9.17) is 0 Å². The summed E-state index contributed by atoms with van der Waals surface area (Å²) in [5.74, 6) is 0. The number of imidazole rings is 1. The topological polar surface area (TPSA) is 29.9 Å². The quantitative estimate of drug-likeness (QED) is 0.853. The lowest BCUT2D eigenvalue weighted by molar-refractivity contribution is 0.514. The van der Waals surface area contributed by atoms with Crippen molar-refractivity contribution in [2.75, 3.05) is 6.54 Å². The van der Waals surface area contributed by atoms with Crippen LogP contribution in [0.25, 0.3) is 0 Å². The molecule has 0 bridgehead atoms. The first-order chi connectivity index (χ1) is 8.31. The van der Waals surface area contributed by atoms with E-state index in [2.05, 4.69) is 45.5 Å². The Morgan fingerprint density at radius 3 is 3.12 bits per heavy atom. The van der Waals surface area contributed by atoms with Gasteiger partial charge in [-0.25, -0.2) is 4.98 Å². The third-order valence-corrected chi connectivity index (χ3v) is 3.62. The van der Waals surface area contributed by atoms with E-state index in [9.17, 15) is 0 Å². The zero-order valence-corrected chi connectivity index (χ0v) is 11.2. The average Bonchev–Trinajstić information content (AvgIpc) is 2.96. The minimum absolute atomic E-state index is 0.459. The van der Waals surface area contributed by atoms with E-state index in [1.54, 1.807) is 11.3 Å². The van der Waals surface area contributed by atoms with E-state index >= 15 is 0 Å². The van der Waals surface area contributed by atoms with Crippen molar-refractivity contribution in [1.29, 1.82) is 0 Å². The molecule has 2 rings (SSSR count). The minimum Gasteiger partial charge on any atom is -0.330 e. The molecule has 1 unspecified atom stereocenters. The van der Waals surface area contributed by atoms with Gasteiger partial charge in [0.05, 0.1) is 12.0 Å². The highest BCUT2D eigenvalue weighted by Gasteiger charge is 2.10. The van der Waals surface area contributed by atoms with Crippen molar-refractivity contribution in [3.63, 3.8) is 0 Å². The second-order valence-corrected chi connectivity index (χ2v) is 5.04. The van der Waals surface area contributed by atoms with Gasteiger partial charge in [-0.15, -0.1) is 0 Å². The van der Waals surface area contributed by atoms with Crippen molar-refractivity contribution >= 4 is 11.3 Å². The number of hydrogen-bond donors (Lipinski definition) is 1. The molecule has 2 heterocycles. The van der Waals surface area contributed by atoms with Crippen molar-refractivity contribution in [1.82, 2.24) is 14.9 Å². The molecule has 2 aromatic heterocycles. The van der Waals surface area contributed by atoms with E-state index in [0.717, 1.165) is 19.5 Å². The highest BCUT2D eigenvalue weighted by atomic mass is 32.1. The van der Waals surface area contributed by atoms with Crippen molar-refractivity contribution in [3.05, 3.63) is 40.6 Å². The molecule has 1 N–H and O–H groups in total. The first-order valence-electron chi connectivity index (χ1n) is 6.03. The molecule has 2 aromatic rings. The molecule has 0 fully saturated rings.